The van der Waals surface area contributed by atoms with Crippen LogP contribution in [0.3, 0.4) is 0 Å². The number of hydrazone groups is 1. The molecule has 2 atom stereocenters. The van der Waals surface area contributed by atoms with Gasteiger partial charge in [0.1, 0.15) is 0 Å². The molecule has 4 aliphatic rings. The molecule has 17 heavy (non-hydrogen) atoms. The molecule has 0 N–H and O–H groups in total. The van der Waals surface area contributed by atoms with Crippen LogP contribution in [0.15, 0.2) is 16.8 Å². The number of rotatable bonds is 2. The van der Waals surface area contributed by atoms with Crippen LogP contribution in [0, 0.1) is 17.3 Å². The fourth-order valence-corrected chi connectivity index (χ4v) is 3.69. The highest BCUT2D eigenvalue weighted by atomic mass is 15.4. The smallest absolute Gasteiger partial charge is 0.0502 e. The molecule has 1 saturated heterocycles. The first-order chi connectivity index (χ1) is 8.18. The van der Waals surface area contributed by atoms with Crippen LogP contribution in [0.25, 0.3) is 0 Å². The minimum Gasteiger partial charge on any atom is -0.297 e. The Morgan fingerprint density at radius 3 is 2.71 bits per heavy atom. The monoisotopic (exact) mass is 232 g/mol. The average Bonchev–Trinajstić information content (AvgIpc) is 2.37. The Morgan fingerprint density at radius 2 is 2.06 bits per heavy atom. The summed E-state index contributed by atoms with van der Waals surface area (Å²) >= 11 is 0. The van der Waals surface area contributed by atoms with Crippen LogP contribution < -0.4 is 0 Å². The fraction of sp³-hybridized carbons (Fsp3) is 0.800. The Kier molecular flexibility index (Phi) is 2.76. The van der Waals surface area contributed by atoms with E-state index in [1.54, 1.807) is 0 Å². The minimum absolute atomic E-state index is 0.526. The molecule has 0 aromatic carbocycles. The average molecular weight is 232 g/mol. The molecule has 0 spiro atoms. The van der Waals surface area contributed by atoms with E-state index in [0.717, 1.165) is 24.9 Å². The normalized spacial score (nSPS) is 35.6. The van der Waals surface area contributed by atoms with Crippen LogP contribution in [-0.4, -0.2) is 24.3 Å². The highest BCUT2D eigenvalue weighted by Crippen LogP contribution is 2.58. The molecule has 2 bridgehead atoms. The minimum atomic E-state index is 0.526. The predicted molar refractivity (Wildman–Crippen MR) is 72.0 cm³/mol. The first-order valence-electron chi connectivity index (χ1n) is 7.17. The molecule has 94 valence electrons. The highest BCUT2D eigenvalue weighted by molar-refractivity contribution is 5.80. The Balaban J connectivity index is 1.65. The maximum atomic E-state index is 4.69. The van der Waals surface area contributed by atoms with Crippen molar-refractivity contribution < 1.29 is 0 Å². The second-order valence-corrected chi connectivity index (χ2v) is 6.51. The molecule has 0 aromatic rings. The third-order valence-corrected chi connectivity index (χ3v) is 5.21. The molecule has 1 saturated carbocycles. The molecule has 2 fully saturated rings. The predicted octanol–water partition coefficient (Wildman–Crippen LogP) is 3.45. The van der Waals surface area contributed by atoms with Crippen molar-refractivity contribution in [3.63, 3.8) is 0 Å². The van der Waals surface area contributed by atoms with Crippen LogP contribution >= 0.6 is 0 Å². The van der Waals surface area contributed by atoms with E-state index in [1.807, 2.05) is 0 Å². The Hall–Kier alpha value is -0.790. The van der Waals surface area contributed by atoms with Crippen molar-refractivity contribution in [2.24, 2.45) is 22.4 Å². The highest BCUT2D eigenvalue weighted by Gasteiger charge is 2.50. The van der Waals surface area contributed by atoms with Gasteiger partial charge in [-0.2, -0.15) is 5.10 Å². The number of allylic oxidation sites excluding steroid dienone is 2. The Morgan fingerprint density at radius 1 is 1.29 bits per heavy atom. The van der Waals surface area contributed by atoms with Crippen LogP contribution in [0.2, 0.25) is 0 Å². The third-order valence-electron chi connectivity index (χ3n) is 5.21. The van der Waals surface area contributed by atoms with Crippen molar-refractivity contribution in [2.75, 3.05) is 13.1 Å². The molecule has 3 aliphatic carbocycles. The second-order valence-electron chi connectivity index (χ2n) is 6.51. The van der Waals surface area contributed by atoms with E-state index in [2.05, 4.69) is 36.2 Å². The van der Waals surface area contributed by atoms with Crippen LogP contribution in [0.1, 0.15) is 46.0 Å². The molecule has 2 heteroatoms. The van der Waals surface area contributed by atoms with Gasteiger partial charge >= 0.3 is 0 Å². The lowest BCUT2D eigenvalue weighted by Crippen LogP contribution is -2.48. The summed E-state index contributed by atoms with van der Waals surface area (Å²) in [6.45, 7) is 7.15. The van der Waals surface area contributed by atoms with E-state index in [0.29, 0.717) is 5.41 Å². The van der Waals surface area contributed by atoms with Gasteiger partial charge < -0.3 is 0 Å². The second kappa shape index (κ2) is 4.15. The summed E-state index contributed by atoms with van der Waals surface area (Å²) in [5.74, 6) is 1.70. The zero-order valence-corrected chi connectivity index (χ0v) is 11.2. The first kappa shape index (κ1) is 11.3. The molecule has 1 aliphatic heterocycles. The molecule has 0 amide bonds. The maximum Gasteiger partial charge on any atom is 0.0502 e. The van der Waals surface area contributed by atoms with E-state index < -0.39 is 0 Å². The fourth-order valence-electron chi connectivity index (χ4n) is 3.69. The summed E-state index contributed by atoms with van der Waals surface area (Å²) in [5, 5.41) is 6.94. The van der Waals surface area contributed by atoms with Crippen molar-refractivity contribution in [2.45, 2.75) is 46.0 Å². The lowest BCUT2D eigenvalue weighted by atomic mass is 9.49. The lowest BCUT2D eigenvalue weighted by molar-refractivity contribution is -0.00137. The van der Waals surface area contributed by atoms with Crippen molar-refractivity contribution in [1.82, 2.24) is 5.01 Å². The van der Waals surface area contributed by atoms with E-state index in [-0.39, 0.29) is 0 Å². The summed E-state index contributed by atoms with van der Waals surface area (Å²) in [4.78, 5) is 0. The van der Waals surface area contributed by atoms with Gasteiger partial charge in [0, 0.05) is 13.1 Å². The molecular weight excluding hydrogens is 208 g/mol. The third kappa shape index (κ3) is 1.92. The summed E-state index contributed by atoms with van der Waals surface area (Å²) in [7, 11) is 0. The van der Waals surface area contributed by atoms with Crippen molar-refractivity contribution in [3.05, 3.63) is 11.6 Å². The van der Waals surface area contributed by atoms with Gasteiger partial charge in [-0.3, -0.25) is 5.01 Å². The number of hydrogen-bond acceptors (Lipinski definition) is 2. The van der Waals surface area contributed by atoms with Gasteiger partial charge in [-0.15, -0.1) is 0 Å². The number of piperidine rings is 1. The molecule has 1 heterocycles. The van der Waals surface area contributed by atoms with Gasteiger partial charge in [0.25, 0.3) is 0 Å². The van der Waals surface area contributed by atoms with Crippen molar-refractivity contribution in [3.8, 4) is 0 Å². The topological polar surface area (TPSA) is 15.6 Å². The molecular formula is C15H24N2. The number of hydrogen-bond donors (Lipinski definition) is 0. The summed E-state index contributed by atoms with van der Waals surface area (Å²) < 4.78 is 0. The van der Waals surface area contributed by atoms with Gasteiger partial charge in [-0.1, -0.05) is 19.9 Å². The van der Waals surface area contributed by atoms with Gasteiger partial charge in [-0.05, 0) is 54.9 Å². The lowest BCUT2D eigenvalue weighted by Gasteiger charge is -2.55. The van der Waals surface area contributed by atoms with Gasteiger partial charge in [0.2, 0.25) is 0 Å². The van der Waals surface area contributed by atoms with Gasteiger partial charge in [0.15, 0.2) is 0 Å². The van der Waals surface area contributed by atoms with Crippen molar-refractivity contribution in [1.29, 1.82) is 0 Å². The van der Waals surface area contributed by atoms with E-state index in [1.165, 1.54) is 37.7 Å². The van der Waals surface area contributed by atoms with E-state index >= 15 is 0 Å². The van der Waals surface area contributed by atoms with Gasteiger partial charge in [0.05, 0.1) is 6.21 Å². The van der Waals surface area contributed by atoms with E-state index in [4.69, 9.17) is 0 Å². The molecule has 4 rings (SSSR count). The zero-order valence-electron chi connectivity index (χ0n) is 11.2. The Bertz CT molecular complexity index is 348. The summed E-state index contributed by atoms with van der Waals surface area (Å²) in [6.07, 6.45) is 11.3. The van der Waals surface area contributed by atoms with Crippen LogP contribution in [-0.2, 0) is 0 Å². The molecule has 2 unspecified atom stereocenters. The Labute approximate surface area is 105 Å². The summed E-state index contributed by atoms with van der Waals surface area (Å²) in [6, 6.07) is 0. The largest absolute Gasteiger partial charge is 0.297 e. The van der Waals surface area contributed by atoms with E-state index in [9.17, 15) is 0 Å². The number of nitrogens with zero attached hydrogens (tertiary/aromatic N) is 2. The summed E-state index contributed by atoms with van der Waals surface area (Å²) in [5.41, 5.74) is 2.03. The number of fused-ring (bicyclic) bond motifs is 1. The standard InChI is InChI=1S/C15H24N2/c1-15(2)13-7-6-12(14(15)10-13)11-16-17-8-4-3-5-9-17/h6,11,13-14H,3-5,7-10H2,1-2H3/b16-11+. The molecule has 0 aromatic heterocycles. The maximum absolute atomic E-state index is 4.69. The van der Waals surface area contributed by atoms with Crippen LogP contribution in [0.4, 0.5) is 0 Å². The zero-order chi connectivity index (χ0) is 11.9. The molecule has 0 radical (unpaired) electrons. The van der Waals surface area contributed by atoms with Crippen molar-refractivity contribution >= 4 is 6.21 Å². The van der Waals surface area contributed by atoms with Gasteiger partial charge in [-0.25, -0.2) is 0 Å². The quantitative estimate of drug-likeness (QED) is 0.666. The first-order valence-corrected chi connectivity index (χ1v) is 7.17. The SMILES string of the molecule is CC1(C)C2CC=C(/C=N/N3CCCCC3)C1C2. The van der Waals surface area contributed by atoms with Crippen LogP contribution in [0.5, 0.6) is 0 Å². The molecule has 2 nitrogen and oxygen atoms in total.